The van der Waals surface area contributed by atoms with Crippen molar-refractivity contribution in [1.82, 2.24) is 54.4 Å². The van der Waals surface area contributed by atoms with Gasteiger partial charge in [0.25, 0.3) is 11.6 Å². The Hall–Kier alpha value is -17.3. The first-order chi connectivity index (χ1) is 58.7. The van der Waals surface area contributed by atoms with E-state index in [9.17, 15) is 21.0 Å². The first kappa shape index (κ1) is 72.0. The van der Waals surface area contributed by atoms with Crippen LogP contribution in [-0.4, -0.2) is 69.6 Å². The van der Waals surface area contributed by atoms with Gasteiger partial charge in [0.1, 0.15) is 86.0 Å². The van der Waals surface area contributed by atoms with Gasteiger partial charge < -0.3 is 21.1 Å². The number of hydrogen-bond acceptors (Lipinski definition) is 17. The minimum atomic E-state index is -2.86. The van der Waals surface area contributed by atoms with Crippen LogP contribution in [-0.2, 0) is 0 Å². The van der Waals surface area contributed by atoms with Crippen LogP contribution in [0.25, 0.3) is 180 Å². The summed E-state index contributed by atoms with van der Waals surface area (Å²) >= 11 is -2.86. The molecule has 0 fully saturated rings. The molecule has 14 aromatic carbocycles. The Labute approximate surface area is 682 Å². The molecule has 21 rings (SSSR count). The van der Waals surface area contributed by atoms with E-state index in [2.05, 4.69) is 265 Å². The van der Waals surface area contributed by atoms with E-state index < -0.39 is 15.1 Å². The molecule has 550 valence electrons. The second kappa shape index (κ2) is 31.0. The lowest BCUT2D eigenvalue weighted by atomic mass is 9.84. The van der Waals surface area contributed by atoms with E-state index in [1.165, 1.54) is 70.9 Å². The van der Waals surface area contributed by atoms with Crippen LogP contribution in [0.5, 0.6) is 17.2 Å². The number of para-hydroxylation sites is 6. The predicted molar refractivity (Wildman–Crippen MR) is 463 cm³/mol. The van der Waals surface area contributed by atoms with Crippen molar-refractivity contribution in [2.24, 2.45) is 0 Å². The van der Waals surface area contributed by atoms with Crippen molar-refractivity contribution in [2.75, 3.05) is 0 Å². The number of pyridine rings is 3. The summed E-state index contributed by atoms with van der Waals surface area (Å²) in [5.74, 6) is 2.15. The normalized spacial score (nSPS) is 11.0. The fraction of sp³-hybridized carbons (Fsp3) is 0. The Balaban J connectivity index is 0.000000126. The average Bonchev–Trinajstić information content (AvgIpc) is 1.36. The molecule has 0 aliphatic carbocycles. The fourth-order valence-corrected chi connectivity index (χ4v) is 16.5. The molecule has 0 saturated heterocycles. The molecule has 0 N–H and O–H groups in total. The van der Waals surface area contributed by atoms with E-state index in [4.69, 9.17) is 29.5 Å². The van der Waals surface area contributed by atoms with Crippen LogP contribution < -0.4 is 11.4 Å². The number of nitriles is 4. The van der Waals surface area contributed by atoms with Crippen molar-refractivity contribution >= 4 is 147 Å². The van der Waals surface area contributed by atoms with Crippen molar-refractivity contribution in [3.05, 3.63) is 361 Å². The number of benzene rings is 14. The molecule has 21 aromatic rings. The molecule has 20 nitrogen and oxygen atoms in total. The Kier molecular flexibility index (Phi) is 18.8. The van der Waals surface area contributed by atoms with Gasteiger partial charge in [0.2, 0.25) is 11.0 Å². The summed E-state index contributed by atoms with van der Waals surface area (Å²) < 4.78 is 21.5. The van der Waals surface area contributed by atoms with Crippen molar-refractivity contribution in [2.45, 2.75) is 0 Å². The standard InChI is InChI=1S/C53H34N2.C18N12.3C9H7NO.Al/c1-2-16-44(17-3-1)55-50-21-11-10-20-49(50)54-53(55)38-26-22-37(23-27-38)41-30-31-47-48(34-41)52(43-29-25-36-13-5-7-15-40(36)33-43)46-19-9-8-18-45(46)51(47)42-28-24-35-12-4-6-14-39(35)32-42;1-23-17-18(24-2)30-16-14-12(26-8(4-20)10(6-22)28-14)11-13(15(16)29-17)27-9(5-21)7(3-19)25-11;3*11-8-5-1-3-7-4-2-6-10-9(7)8;/h1-34H;;3*1-6,11H;/q;;;;;+3/p-3. The smallest absolute Gasteiger partial charge is 0.576 e. The zero-order valence-corrected chi connectivity index (χ0v) is 63.6. The number of rotatable bonds is 11. The topological polar surface area (TPSA) is 265 Å². The van der Waals surface area contributed by atoms with Gasteiger partial charge in [-0.05, 0) is 155 Å². The lowest BCUT2D eigenvalue weighted by Gasteiger charge is -2.19. The number of hydrogen-bond donors (Lipinski definition) is 0. The first-order valence-electron chi connectivity index (χ1n) is 37.5. The van der Waals surface area contributed by atoms with E-state index in [1.807, 2.05) is 91.0 Å². The largest absolute Gasteiger partial charge is 1.20 e. The molecule has 0 atom stereocenters. The highest BCUT2D eigenvalue weighted by atomic mass is 27.3. The van der Waals surface area contributed by atoms with Crippen LogP contribution >= 0.6 is 0 Å². The second-order valence-electron chi connectivity index (χ2n) is 27.5. The van der Waals surface area contributed by atoms with Gasteiger partial charge in [-0.1, -0.05) is 232 Å². The number of imidazole rings is 1. The Morgan fingerprint density at radius 1 is 0.294 bits per heavy atom. The summed E-state index contributed by atoms with van der Waals surface area (Å²) in [6.45, 7) is 14.5. The molecule has 7 aromatic heterocycles. The predicted octanol–water partition coefficient (Wildman–Crippen LogP) is 22.3. The minimum Gasteiger partial charge on any atom is -0.576 e. The molecular formula is C98H52AlN17O3. The molecule has 0 saturated carbocycles. The number of aromatic nitrogens is 11. The number of fused-ring (bicyclic) bond motifs is 14. The van der Waals surface area contributed by atoms with E-state index in [1.54, 1.807) is 42.9 Å². The molecule has 0 unspecified atom stereocenters. The minimum absolute atomic E-state index is 0.00714. The molecule has 21 heteroatoms. The van der Waals surface area contributed by atoms with Crippen molar-refractivity contribution in [1.29, 1.82) is 21.0 Å². The molecule has 0 radical (unpaired) electrons. The molecule has 0 aliphatic heterocycles. The van der Waals surface area contributed by atoms with Crippen LogP contribution in [0.2, 0.25) is 0 Å². The lowest BCUT2D eigenvalue weighted by molar-refractivity contribution is 0.311. The molecule has 0 spiro atoms. The van der Waals surface area contributed by atoms with Gasteiger partial charge in [0.05, 0.1) is 11.0 Å². The SMILES string of the molecule is [C-]#[N+]c1nc2c3nc(C#N)c(C#N)nc3c3nc(C#N)c(C#N)nc3c2nc1[N+]#[C-].c1ccc(-n2c(-c3ccc(-c4ccc5c(-c6ccc7ccccc7c6)c6ccccc6c(-c6ccc7ccccc7c6)c5c4)cc3)nc3ccccc32)cc1.c1cnc2c([O][Al]([O]c3cccc4cccnc34)[O]c3cccc4cccnc34)cccc2c1. The summed E-state index contributed by atoms with van der Waals surface area (Å²) in [7, 11) is 0. The van der Waals surface area contributed by atoms with Crippen LogP contribution in [0.4, 0.5) is 11.6 Å². The molecule has 0 amide bonds. The monoisotopic (exact) mass is 1540 g/mol. The third kappa shape index (κ3) is 13.4. The van der Waals surface area contributed by atoms with Gasteiger partial charge in [0.15, 0.2) is 22.8 Å². The van der Waals surface area contributed by atoms with Gasteiger partial charge in [-0.2, -0.15) is 21.0 Å². The van der Waals surface area contributed by atoms with Gasteiger partial charge >= 0.3 is 15.1 Å². The molecule has 0 aliphatic rings. The molecule has 0 bridgehead atoms. The highest BCUT2D eigenvalue weighted by Crippen LogP contribution is 2.47. The average molecular weight is 1540 g/mol. The number of nitrogens with zero attached hydrogens (tertiary/aromatic N) is 17. The van der Waals surface area contributed by atoms with Crippen molar-refractivity contribution < 1.29 is 11.4 Å². The maximum absolute atomic E-state index is 9.29. The van der Waals surface area contributed by atoms with Crippen LogP contribution in [0.1, 0.15) is 22.8 Å². The van der Waals surface area contributed by atoms with E-state index in [0.29, 0.717) is 17.2 Å². The van der Waals surface area contributed by atoms with Gasteiger partial charge in [0, 0.05) is 46.0 Å². The quantitative estimate of drug-likeness (QED) is 0.0504. The third-order valence-corrected chi connectivity index (χ3v) is 21.9. The summed E-state index contributed by atoms with van der Waals surface area (Å²) in [5.41, 5.74) is 12.6. The van der Waals surface area contributed by atoms with Crippen LogP contribution in [0, 0.1) is 58.5 Å². The van der Waals surface area contributed by atoms with Crippen molar-refractivity contribution in [3.8, 4) is 92.0 Å². The zero-order valence-electron chi connectivity index (χ0n) is 62.4. The zero-order chi connectivity index (χ0) is 80.5. The summed E-state index contributed by atoms with van der Waals surface area (Å²) in [6.07, 6.45) is 5.24. The van der Waals surface area contributed by atoms with Crippen LogP contribution in [0.15, 0.2) is 316 Å². The molecular weight excluding hydrogens is 1490 g/mol. The first-order valence-corrected chi connectivity index (χ1v) is 38.9. The third-order valence-electron chi connectivity index (χ3n) is 20.6. The summed E-state index contributed by atoms with van der Waals surface area (Å²) in [5, 5.41) is 50.1. The van der Waals surface area contributed by atoms with E-state index in [0.717, 1.165) is 66.4 Å². The highest BCUT2D eigenvalue weighted by molar-refractivity contribution is 6.40. The second-order valence-corrected chi connectivity index (χ2v) is 28.7. The Bertz CT molecular complexity index is 7480. The van der Waals surface area contributed by atoms with Crippen LogP contribution in [0.3, 0.4) is 0 Å². The van der Waals surface area contributed by atoms with E-state index >= 15 is 0 Å². The Morgan fingerprint density at radius 3 is 1.13 bits per heavy atom. The summed E-state index contributed by atoms with van der Waals surface area (Å²) in [4.78, 5) is 49.8. The van der Waals surface area contributed by atoms with Gasteiger partial charge in [-0.15, -0.1) is 9.97 Å². The molecule has 7 heterocycles. The molecule has 119 heavy (non-hydrogen) atoms. The highest BCUT2D eigenvalue weighted by Gasteiger charge is 2.46. The van der Waals surface area contributed by atoms with Gasteiger partial charge in [-0.3, -0.25) is 19.5 Å². The van der Waals surface area contributed by atoms with Gasteiger partial charge in [-0.25, -0.2) is 24.9 Å². The lowest BCUT2D eigenvalue weighted by Crippen LogP contribution is -2.37. The maximum Gasteiger partial charge on any atom is 1.20 e. The fourth-order valence-electron chi connectivity index (χ4n) is 15.2. The van der Waals surface area contributed by atoms with Crippen molar-refractivity contribution in [3.63, 3.8) is 0 Å². The van der Waals surface area contributed by atoms with E-state index in [-0.39, 0.29) is 67.5 Å². The maximum atomic E-state index is 9.29. The Morgan fingerprint density at radius 2 is 0.664 bits per heavy atom. The summed E-state index contributed by atoms with van der Waals surface area (Å²) in [6, 6.07) is 111.